The number of likely N-dealkylation sites (tertiary alicyclic amines) is 1. The van der Waals surface area contributed by atoms with Gasteiger partial charge in [-0.2, -0.15) is 0 Å². The lowest BCUT2D eigenvalue weighted by molar-refractivity contribution is 0.190. The molecule has 0 aliphatic carbocycles. The van der Waals surface area contributed by atoms with Crippen molar-refractivity contribution in [1.82, 2.24) is 9.88 Å². The van der Waals surface area contributed by atoms with Crippen LogP contribution in [0.15, 0.2) is 77.3 Å². The minimum atomic E-state index is 0.481. The van der Waals surface area contributed by atoms with Crippen LogP contribution in [0.4, 0.5) is 0 Å². The van der Waals surface area contributed by atoms with Gasteiger partial charge in [0.15, 0.2) is 0 Å². The van der Waals surface area contributed by atoms with E-state index in [0.29, 0.717) is 6.04 Å². The zero-order valence-corrected chi connectivity index (χ0v) is 20.1. The van der Waals surface area contributed by atoms with Crippen molar-refractivity contribution in [3.8, 4) is 17.0 Å². The lowest BCUT2D eigenvalue weighted by Gasteiger charge is -2.30. The number of benzene rings is 3. The lowest BCUT2D eigenvalue weighted by Crippen LogP contribution is -2.28. The average Bonchev–Trinajstić information content (AvgIpc) is 3.17. The number of fused-ring (bicyclic) bond motifs is 1. The molecular weight excluding hydrogens is 460 g/mol. The number of nitrogens with zero attached hydrogens (tertiary/aromatic N) is 1. The van der Waals surface area contributed by atoms with Crippen LogP contribution >= 0.6 is 15.9 Å². The molecule has 3 nitrogen and oxygen atoms in total. The molecule has 32 heavy (non-hydrogen) atoms. The van der Waals surface area contributed by atoms with Crippen molar-refractivity contribution < 1.29 is 4.74 Å². The zero-order valence-electron chi connectivity index (χ0n) is 18.5. The number of H-pyrrole nitrogens is 1. The molecular formula is C28H29BrN2O. The van der Waals surface area contributed by atoms with E-state index in [-0.39, 0.29) is 0 Å². The number of nitrogens with one attached hydrogen (secondary N) is 1. The van der Waals surface area contributed by atoms with Gasteiger partial charge in [-0.05, 0) is 48.5 Å². The second-order valence-corrected chi connectivity index (χ2v) is 9.48. The second kappa shape index (κ2) is 9.51. The Morgan fingerprint density at radius 3 is 2.53 bits per heavy atom. The monoisotopic (exact) mass is 488 g/mol. The van der Waals surface area contributed by atoms with Gasteiger partial charge in [0.05, 0.1) is 7.11 Å². The van der Waals surface area contributed by atoms with E-state index in [1.165, 1.54) is 36.9 Å². The summed E-state index contributed by atoms with van der Waals surface area (Å²) in [5, 5.41) is 2.28. The van der Waals surface area contributed by atoms with Gasteiger partial charge < -0.3 is 9.72 Å². The third-order valence-electron chi connectivity index (χ3n) is 6.61. The van der Waals surface area contributed by atoms with Gasteiger partial charge in [0.25, 0.3) is 0 Å². The van der Waals surface area contributed by atoms with Gasteiger partial charge in [-0.1, -0.05) is 83.4 Å². The number of hydrogen-bond donors (Lipinski definition) is 1. The number of rotatable bonds is 5. The van der Waals surface area contributed by atoms with Crippen molar-refractivity contribution in [1.29, 1.82) is 0 Å². The molecule has 4 aromatic rings. The first-order chi connectivity index (χ1) is 15.7. The van der Waals surface area contributed by atoms with Gasteiger partial charge in [-0.25, -0.2) is 0 Å². The van der Waals surface area contributed by atoms with Crippen molar-refractivity contribution in [2.75, 3.05) is 13.7 Å². The molecule has 1 fully saturated rings. The van der Waals surface area contributed by atoms with Gasteiger partial charge in [-0.15, -0.1) is 0 Å². The van der Waals surface area contributed by atoms with E-state index in [4.69, 9.17) is 4.74 Å². The summed E-state index contributed by atoms with van der Waals surface area (Å²) in [6.07, 6.45) is 5.11. The topological polar surface area (TPSA) is 28.3 Å². The molecule has 2 heterocycles. The molecule has 0 spiro atoms. The molecule has 1 N–H and O–H groups in total. The molecule has 1 aromatic heterocycles. The highest BCUT2D eigenvalue weighted by molar-refractivity contribution is 9.10. The van der Waals surface area contributed by atoms with E-state index in [0.717, 1.165) is 45.3 Å². The summed E-state index contributed by atoms with van der Waals surface area (Å²) in [7, 11) is 1.75. The molecule has 1 unspecified atom stereocenters. The van der Waals surface area contributed by atoms with Gasteiger partial charge in [0, 0.05) is 39.4 Å². The Bertz CT molecular complexity index is 1200. The fourth-order valence-electron chi connectivity index (χ4n) is 5.04. The summed E-state index contributed by atoms with van der Waals surface area (Å²) in [4.78, 5) is 6.34. The van der Waals surface area contributed by atoms with Crippen LogP contribution in [-0.4, -0.2) is 23.5 Å². The zero-order chi connectivity index (χ0) is 21.9. The maximum absolute atomic E-state index is 5.87. The second-order valence-electron chi connectivity index (χ2n) is 8.63. The standard InChI is InChI=1S/C28H29BrN2O/c1-32-28-23-13-8-7-12-22(23)25(29)18-24(28)26-16-15-21(30-26)19-31-17-9-3-6-14-27(31)20-10-4-2-5-11-20/h2,4-5,7-8,10-13,15-16,18,27,30H,3,6,9,14,17,19H2,1H3. The molecule has 4 heteroatoms. The molecule has 5 rings (SSSR count). The Morgan fingerprint density at radius 2 is 1.72 bits per heavy atom. The fraction of sp³-hybridized carbons (Fsp3) is 0.286. The highest BCUT2D eigenvalue weighted by Gasteiger charge is 2.23. The van der Waals surface area contributed by atoms with Gasteiger partial charge in [-0.3, -0.25) is 4.90 Å². The van der Waals surface area contributed by atoms with Crippen LogP contribution in [0, 0.1) is 0 Å². The van der Waals surface area contributed by atoms with E-state index in [1.54, 1.807) is 7.11 Å². The first-order valence-electron chi connectivity index (χ1n) is 11.5. The van der Waals surface area contributed by atoms with E-state index in [1.807, 2.05) is 0 Å². The molecule has 0 radical (unpaired) electrons. The maximum atomic E-state index is 5.87. The number of ether oxygens (including phenoxy) is 1. The van der Waals surface area contributed by atoms with Crippen LogP contribution in [0.25, 0.3) is 22.0 Å². The smallest absolute Gasteiger partial charge is 0.136 e. The predicted molar refractivity (Wildman–Crippen MR) is 136 cm³/mol. The van der Waals surface area contributed by atoms with E-state index in [2.05, 4.69) is 98.6 Å². The van der Waals surface area contributed by atoms with E-state index >= 15 is 0 Å². The van der Waals surface area contributed by atoms with Crippen LogP contribution < -0.4 is 4.74 Å². The Balaban J connectivity index is 1.46. The van der Waals surface area contributed by atoms with Crippen molar-refractivity contribution in [3.63, 3.8) is 0 Å². The minimum absolute atomic E-state index is 0.481. The SMILES string of the molecule is COc1c(-c2ccc(CN3CCCCCC3c3ccccc3)[nH]2)cc(Br)c2ccccc12. The molecule has 3 aromatic carbocycles. The fourth-order valence-corrected chi connectivity index (χ4v) is 5.62. The number of halogens is 1. The summed E-state index contributed by atoms with van der Waals surface area (Å²) >= 11 is 3.76. The van der Waals surface area contributed by atoms with Gasteiger partial charge in [0.2, 0.25) is 0 Å². The first-order valence-corrected chi connectivity index (χ1v) is 12.3. The largest absolute Gasteiger partial charge is 0.495 e. The summed E-state index contributed by atoms with van der Waals surface area (Å²) in [5.74, 6) is 0.911. The predicted octanol–water partition coefficient (Wildman–Crippen LogP) is 7.72. The molecule has 1 atom stereocenters. The average molecular weight is 489 g/mol. The Morgan fingerprint density at radius 1 is 0.938 bits per heavy atom. The number of aromatic nitrogens is 1. The Hall–Kier alpha value is -2.56. The molecule has 0 saturated carbocycles. The lowest BCUT2D eigenvalue weighted by atomic mass is 10.0. The van der Waals surface area contributed by atoms with Crippen LogP contribution in [0.5, 0.6) is 5.75 Å². The van der Waals surface area contributed by atoms with Crippen LogP contribution in [-0.2, 0) is 6.54 Å². The van der Waals surface area contributed by atoms with Crippen LogP contribution in [0.3, 0.4) is 0 Å². The van der Waals surface area contributed by atoms with Crippen LogP contribution in [0.2, 0.25) is 0 Å². The van der Waals surface area contributed by atoms with Crippen LogP contribution in [0.1, 0.15) is 43.0 Å². The Labute approximate surface area is 198 Å². The summed E-state index contributed by atoms with van der Waals surface area (Å²) in [5.41, 5.74) is 4.85. The van der Waals surface area contributed by atoms with Gasteiger partial charge >= 0.3 is 0 Å². The first kappa shape index (κ1) is 21.3. The number of aromatic amines is 1. The third kappa shape index (κ3) is 4.22. The van der Waals surface area contributed by atoms with Crippen molar-refractivity contribution in [3.05, 3.63) is 88.5 Å². The molecule has 1 aliphatic heterocycles. The number of hydrogen-bond acceptors (Lipinski definition) is 2. The summed E-state index contributed by atoms with van der Waals surface area (Å²) < 4.78 is 6.95. The quantitative estimate of drug-likeness (QED) is 0.311. The molecule has 164 valence electrons. The van der Waals surface area contributed by atoms with Crippen molar-refractivity contribution >= 4 is 26.7 Å². The summed E-state index contributed by atoms with van der Waals surface area (Å²) in [6, 6.07) is 26.4. The van der Waals surface area contributed by atoms with Gasteiger partial charge in [0.1, 0.15) is 5.75 Å². The third-order valence-corrected chi connectivity index (χ3v) is 7.26. The highest BCUT2D eigenvalue weighted by atomic mass is 79.9. The highest BCUT2D eigenvalue weighted by Crippen LogP contribution is 2.40. The van der Waals surface area contributed by atoms with Crippen molar-refractivity contribution in [2.24, 2.45) is 0 Å². The minimum Gasteiger partial charge on any atom is -0.495 e. The normalized spacial score (nSPS) is 17.4. The molecule has 0 bridgehead atoms. The number of methoxy groups -OCH3 is 1. The molecule has 1 saturated heterocycles. The molecule has 1 aliphatic rings. The summed E-state index contributed by atoms with van der Waals surface area (Å²) in [6.45, 7) is 2.06. The Kier molecular flexibility index (Phi) is 6.33. The molecule has 0 amide bonds. The van der Waals surface area contributed by atoms with Crippen molar-refractivity contribution in [2.45, 2.75) is 38.3 Å². The van der Waals surface area contributed by atoms with E-state index < -0.39 is 0 Å². The maximum Gasteiger partial charge on any atom is 0.136 e. The van der Waals surface area contributed by atoms with E-state index in [9.17, 15) is 0 Å².